The fraction of sp³-hybridized carbons (Fsp3) is 0.0870. The summed E-state index contributed by atoms with van der Waals surface area (Å²) in [5.41, 5.74) is 2.54. The number of carbonyl (C=O) groups is 2. The number of benzodiazepines with no additional fused rings is 1. The summed E-state index contributed by atoms with van der Waals surface area (Å²) < 4.78 is 0. The number of likely N-dealkylation sites (N-methyl/N-ethyl adjacent to an activating group) is 1. The summed E-state index contributed by atoms with van der Waals surface area (Å²) in [7, 11) is 1.61. The molecular weight excluding hydrogens is 446 g/mol. The van der Waals surface area contributed by atoms with Gasteiger partial charge in [0, 0.05) is 29.9 Å². The van der Waals surface area contributed by atoms with Crippen LogP contribution in [0.5, 0.6) is 0 Å². The van der Waals surface area contributed by atoms with E-state index in [1.165, 1.54) is 17.0 Å². The minimum absolute atomic E-state index is 0.0543. The Balaban J connectivity index is 1.66. The van der Waals surface area contributed by atoms with Gasteiger partial charge in [0.25, 0.3) is 11.6 Å². The van der Waals surface area contributed by atoms with Gasteiger partial charge < -0.3 is 15.5 Å². The van der Waals surface area contributed by atoms with Gasteiger partial charge in [-0.1, -0.05) is 60.1 Å². The molecule has 1 aliphatic rings. The van der Waals surface area contributed by atoms with Gasteiger partial charge >= 0.3 is 6.03 Å². The van der Waals surface area contributed by atoms with Gasteiger partial charge in [0.1, 0.15) is 5.02 Å². The van der Waals surface area contributed by atoms with Crippen molar-refractivity contribution < 1.29 is 14.5 Å². The molecule has 3 aromatic carbocycles. The molecule has 0 aliphatic carbocycles. The first kappa shape index (κ1) is 22.0. The van der Waals surface area contributed by atoms with Crippen LogP contribution in [0.2, 0.25) is 5.02 Å². The van der Waals surface area contributed by atoms with E-state index < -0.39 is 23.0 Å². The van der Waals surface area contributed by atoms with E-state index in [0.29, 0.717) is 11.4 Å². The summed E-state index contributed by atoms with van der Waals surface area (Å²) in [5.74, 6) is -0.439. The molecule has 0 aromatic heterocycles. The summed E-state index contributed by atoms with van der Waals surface area (Å²) in [6, 6.07) is 19.8. The molecule has 1 heterocycles. The van der Waals surface area contributed by atoms with Gasteiger partial charge in [0.2, 0.25) is 6.17 Å². The third-order valence-corrected chi connectivity index (χ3v) is 5.38. The predicted molar refractivity (Wildman–Crippen MR) is 126 cm³/mol. The van der Waals surface area contributed by atoms with Gasteiger partial charge in [-0.2, -0.15) is 0 Å². The fourth-order valence-electron chi connectivity index (χ4n) is 3.46. The molecular formula is C23H18ClN5O4. The van der Waals surface area contributed by atoms with Crippen molar-refractivity contribution in [3.05, 3.63) is 99.1 Å². The summed E-state index contributed by atoms with van der Waals surface area (Å²) in [5, 5.41) is 16.1. The van der Waals surface area contributed by atoms with Crippen molar-refractivity contribution >= 4 is 46.3 Å². The fourth-order valence-corrected chi connectivity index (χ4v) is 3.65. The Morgan fingerprint density at radius 3 is 2.52 bits per heavy atom. The van der Waals surface area contributed by atoms with Crippen LogP contribution in [0.3, 0.4) is 0 Å². The van der Waals surface area contributed by atoms with Crippen LogP contribution in [0.25, 0.3) is 0 Å². The van der Waals surface area contributed by atoms with Crippen LogP contribution in [0, 0.1) is 10.1 Å². The van der Waals surface area contributed by atoms with E-state index in [-0.39, 0.29) is 16.4 Å². The van der Waals surface area contributed by atoms with E-state index in [2.05, 4.69) is 15.6 Å². The molecule has 0 spiro atoms. The average Bonchev–Trinajstić information content (AvgIpc) is 2.91. The van der Waals surface area contributed by atoms with Crippen LogP contribution in [-0.4, -0.2) is 35.8 Å². The maximum atomic E-state index is 13.1. The number of amides is 3. The Kier molecular flexibility index (Phi) is 6.05. The lowest BCUT2D eigenvalue weighted by molar-refractivity contribution is -0.384. The number of anilines is 2. The molecule has 166 valence electrons. The van der Waals surface area contributed by atoms with E-state index in [1.807, 2.05) is 48.5 Å². The number of rotatable bonds is 4. The number of nitrogens with zero attached hydrogens (tertiary/aromatic N) is 3. The van der Waals surface area contributed by atoms with Crippen molar-refractivity contribution in [2.24, 2.45) is 4.99 Å². The van der Waals surface area contributed by atoms with Crippen molar-refractivity contribution in [2.75, 3.05) is 17.3 Å². The first-order chi connectivity index (χ1) is 15.8. The second kappa shape index (κ2) is 9.09. The van der Waals surface area contributed by atoms with Crippen molar-refractivity contribution in [2.45, 2.75) is 6.17 Å². The van der Waals surface area contributed by atoms with Crippen LogP contribution < -0.4 is 15.5 Å². The van der Waals surface area contributed by atoms with E-state index in [0.717, 1.165) is 17.2 Å². The lowest BCUT2D eigenvalue weighted by Gasteiger charge is -2.21. The van der Waals surface area contributed by atoms with E-state index in [1.54, 1.807) is 13.1 Å². The predicted octanol–water partition coefficient (Wildman–Crippen LogP) is 4.21. The quantitative estimate of drug-likeness (QED) is 0.445. The number of nitrogens with one attached hydrogen (secondary N) is 2. The minimum atomic E-state index is -1.22. The minimum Gasteiger partial charge on any atom is -0.311 e. The summed E-state index contributed by atoms with van der Waals surface area (Å²) in [6.45, 7) is 0. The first-order valence-corrected chi connectivity index (χ1v) is 10.2. The van der Waals surface area contributed by atoms with Crippen LogP contribution in [0.1, 0.15) is 11.1 Å². The summed E-state index contributed by atoms with van der Waals surface area (Å²) >= 11 is 5.82. The van der Waals surface area contributed by atoms with E-state index >= 15 is 0 Å². The highest BCUT2D eigenvalue weighted by molar-refractivity contribution is 6.32. The van der Waals surface area contributed by atoms with Crippen molar-refractivity contribution in [3.8, 4) is 0 Å². The number of urea groups is 1. The summed E-state index contributed by atoms with van der Waals surface area (Å²) in [6.07, 6.45) is -1.22. The number of nitro benzene ring substituents is 1. The first-order valence-electron chi connectivity index (χ1n) is 9.87. The zero-order valence-electron chi connectivity index (χ0n) is 17.4. The molecule has 9 nitrogen and oxygen atoms in total. The average molecular weight is 464 g/mol. The Morgan fingerprint density at radius 1 is 1.09 bits per heavy atom. The normalized spacial score (nSPS) is 15.2. The van der Waals surface area contributed by atoms with Crippen LogP contribution in [0.15, 0.2) is 77.8 Å². The molecule has 0 bridgehead atoms. The maximum absolute atomic E-state index is 13.1. The highest BCUT2D eigenvalue weighted by Crippen LogP contribution is 2.28. The van der Waals surface area contributed by atoms with Crippen molar-refractivity contribution in [1.82, 2.24) is 5.32 Å². The smallest absolute Gasteiger partial charge is 0.311 e. The molecule has 1 atom stereocenters. The van der Waals surface area contributed by atoms with Crippen LogP contribution >= 0.6 is 11.6 Å². The zero-order valence-corrected chi connectivity index (χ0v) is 18.1. The number of hydrogen-bond donors (Lipinski definition) is 2. The van der Waals surface area contributed by atoms with Gasteiger partial charge in [-0.05, 0) is 18.2 Å². The lowest BCUT2D eigenvalue weighted by atomic mass is 10.0. The monoisotopic (exact) mass is 463 g/mol. The number of fused-ring (bicyclic) bond motifs is 1. The Morgan fingerprint density at radius 2 is 1.79 bits per heavy atom. The van der Waals surface area contributed by atoms with Crippen LogP contribution in [0.4, 0.5) is 21.9 Å². The Bertz CT molecular complexity index is 1280. The standard InChI is InChI=1S/C23H18ClN5O4/c1-28-18-10-6-5-9-16(18)20(14-7-3-2-4-8-14)26-21(22(28)30)27-23(31)25-15-11-12-17(24)19(13-15)29(32)33/h2-13,21H,1H3,(H2,25,27,31). The van der Waals surface area contributed by atoms with Gasteiger partial charge in [0.15, 0.2) is 0 Å². The number of nitro groups is 1. The van der Waals surface area contributed by atoms with Gasteiger partial charge in [-0.25, -0.2) is 9.79 Å². The molecule has 10 heteroatoms. The molecule has 2 N–H and O–H groups in total. The molecule has 0 radical (unpaired) electrons. The van der Waals surface area contributed by atoms with E-state index in [9.17, 15) is 19.7 Å². The number of carbonyl (C=O) groups excluding carboxylic acids is 2. The highest BCUT2D eigenvalue weighted by Gasteiger charge is 2.31. The second-order valence-corrected chi connectivity index (χ2v) is 7.59. The molecule has 33 heavy (non-hydrogen) atoms. The van der Waals surface area contributed by atoms with Gasteiger partial charge in [-0.3, -0.25) is 14.9 Å². The Labute approximate surface area is 193 Å². The SMILES string of the molecule is CN1C(=O)C(NC(=O)Nc2ccc(Cl)c([N+](=O)[O-])c2)N=C(c2ccccc2)c2ccccc21. The Hall–Kier alpha value is -4.24. The molecule has 3 amide bonds. The molecule has 1 aliphatic heterocycles. The third-order valence-electron chi connectivity index (χ3n) is 5.06. The number of para-hydroxylation sites is 1. The molecule has 1 unspecified atom stereocenters. The van der Waals surface area contributed by atoms with Crippen molar-refractivity contribution in [1.29, 1.82) is 0 Å². The van der Waals surface area contributed by atoms with Gasteiger partial charge in [-0.15, -0.1) is 0 Å². The van der Waals surface area contributed by atoms with E-state index in [4.69, 9.17) is 11.6 Å². The molecule has 4 rings (SSSR count). The van der Waals surface area contributed by atoms with Crippen LogP contribution in [-0.2, 0) is 4.79 Å². The largest absolute Gasteiger partial charge is 0.321 e. The zero-order chi connectivity index (χ0) is 23.5. The highest BCUT2D eigenvalue weighted by atomic mass is 35.5. The number of aliphatic imine (C=N–C) groups is 1. The number of benzene rings is 3. The lowest BCUT2D eigenvalue weighted by Crippen LogP contribution is -2.47. The number of halogens is 1. The third kappa shape index (κ3) is 4.53. The maximum Gasteiger partial charge on any atom is 0.321 e. The molecule has 3 aromatic rings. The molecule has 0 saturated heterocycles. The number of hydrogen-bond acceptors (Lipinski definition) is 5. The second-order valence-electron chi connectivity index (χ2n) is 7.18. The molecule has 0 fully saturated rings. The summed E-state index contributed by atoms with van der Waals surface area (Å²) in [4.78, 5) is 42.3. The van der Waals surface area contributed by atoms with Gasteiger partial charge in [0.05, 0.1) is 16.3 Å². The van der Waals surface area contributed by atoms with Crippen molar-refractivity contribution in [3.63, 3.8) is 0 Å². The topological polar surface area (TPSA) is 117 Å². The molecule has 0 saturated carbocycles.